The normalized spacial score (nSPS) is 18.8. The molecular weight excluding hydrogens is 352 g/mol. The molecule has 0 spiro atoms. The Morgan fingerprint density at radius 2 is 1.96 bits per heavy atom. The van der Waals surface area contributed by atoms with Crippen molar-refractivity contribution in [2.24, 2.45) is 5.92 Å². The molecule has 148 valence electrons. The van der Waals surface area contributed by atoms with Crippen molar-refractivity contribution < 1.29 is 14.3 Å². The highest BCUT2D eigenvalue weighted by atomic mass is 16.5. The van der Waals surface area contributed by atoms with Gasteiger partial charge in [0.05, 0.1) is 7.11 Å². The number of nitrogens with zero attached hydrogens (tertiary/aromatic N) is 1. The van der Waals surface area contributed by atoms with E-state index >= 15 is 0 Å². The van der Waals surface area contributed by atoms with Gasteiger partial charge in [-0.25, -0.2) is 0 Å². The molecule has 0 bridgehead atoms. The van der Waals surface area contributed by atoms with Gasteiger partial charge in [0.25, 0.3) is 5.91 Å². The molecule has 5 nitrogen and oxygen atoms in total. The number of benzene rings is 2. The zero-order valence-corrected chi connectivity index (χ0v) is 17.0. The largest absolute Gasteiger partial charge is 0.497 e. The van der Waals surface area contributed by atoms with E-state index in [2.05, 4.69) is 19.2 Å². The third kappa shape index (κ3) is 3.88. The van der Waals surface area contributed by atoms with Gasteiger partial charge in [-0.05, 0) is 42.2 Å². The van der Waals surface area contributed by atoms with Crippen LogP contribution in [0.1, 0.15) is 42.3 Å². The summed E-state index contributed by atoms with van der Waals surface area (Å²) in [4.78, 5) is 28.2. The maximum absolute atomic E-state index is 13.3. The van der Waals surface area contributed by atoms with E-state index in [4.69, 9.17) is 4.74 Å². The number of fused-ring (bicyclic) bond motifs is 1. The summed E-state index contributed by atoms with van der Waals surface area (Å²) in [5.74, 6) is 0.800. The Morgan fingerprint density at radius 1 is 1.21 bits per heavy atom. The van der Waals surface area contributed by atoms with Gasteiger partial charge in [0, 0.05) is 25.1 Å². The lowest BCUT2D eigenvalue weighted by Gasteiger charge is -2.44. The van der Waals surface area contributed by atoms with Crippen LogP contribution in [-0.2, 0) is 17.8 Å². The maximum Gasteiger partial charge on any atom is 0.255 e. The van der Waals surface area contributed by atoms with Crippen LogP contribution in [0.2, 0.25) is 0 Å². The number of rotatable bonds is 6. The molecule has 0 saturated heterocycles. The Labute approximate surface area is 166 Å². The second-order valence-electron chi connectivity index (χ2n) is 7.95. The first-order valence-electron chi connectivity index (χ1n) is 9.66. The lowest BCUT2D eigenvalue weighted by molar-refractivity contribution is -0.132. The molecule has 0 saturated carbocycles. The molecule has 1 heterocycles. The number of carbonyl (C=O) groups excluding carboxylic acids is 2. The predicted molar refractivity (Wildman–Crippen MR) is 109 cm³/mol. The van der Waals surface area contributed by atoms with Crippen molar-refractivity contribution in [1.29, 1.82) is 0 Å². The molecule has 0 aliphatic carbocycles. The van der Waals surface area contributed by atoms with Crippen molar-refractivity contribution in [2.75, 3.05) is 13.7 Å². The summed E-state index contributed by atoms with van der Waals surface area (Å²) >= 11 is 0. The molecule has 1 N–H and O–H groups in total. The zero-order chi connectivity index (χ0) is 20.3. The Morgan fingerprint density at radius 3 is 2.68 bits per heavy atom. The summed E-state index contributed by atoms with van der Waals surface area (Å²) in [6.07, 6.45) is 0.506. The predicted octanol–water partition coefficient (Wildman–Crippen LogP) is 3.42. The average molecular weight is 380 g/mol. The zero-order valence-electron chi connectivity index (χ0n) is 17.0. The molecular formula is C23H28N2O3. The minimum absolute atomic E-state index is 0.0745. The average Bonchev–Trinajstić information content (AvgIpc) is 2.69. The van der Waals surface area contributed by atoms with Crippen LogP contribution in [0.4, 0.5) is 0 Å². The lowest BCUT2D eigenvalue weighted by Crippen LogP contribution is -2.63. The van der Waals surface area contributed by atoms with Crippen molar-refractivity contribution in [3.8, 4) is 5.75 Å². The van der Waals surface area contributed by atoms with Crippen LogP contribution in [0.5, 0.6) is 5.75 Å². The third-order valence-corrected chi connectivity index (χ3v) is 5.25. The summed E-state index contributed by atoms with van der Waals surface area (Å²) < 4.78 is 5.25. The standard InChI is InChI=1S/C23H28N2O3/c1-16(2)15-25-21(26)20-11-6-5-9-18(20)13-23(25,3)22(27)24-14-17-8-7-10-19(12-17)28-4/h5-12,16H,13-15H2,1-4H3,(H,24,27). The topological polar surface area (TPSA) is 58.6 Å². The van der Waals surface area contributed by atoms with Crippen LogP contribution in [0.3, 0.4) is 0 Å². The molecule has 1 atom stereocenters. The molecule has 0 aromatic heterocycles. The van der Waals surface area contributed by atoms with E-state index in [1.54, 1.807) is 12.0 Å². The summed E-state index contributed by atoms with van der Waals surface area (Å²) in [7, 11) is 1.62. The van der Waals surface area contributed by atoms with Gasteiger partial charge in [0.1, 0.15) is 11.3 Å². The van der Waals surface area contributed by atoms with E-state index in [1.165, 1.54) is 0 Å². The Hall–Kier alpha value is -2.82. The van der Waals surface area contributed by atoms with Crippen molar-refractivity contribution in [3.63, 3.8) is 0 Å². The van der Waals surface area contributed by atoms with E-state index in [1.807, 2.05) is 55.5 Å². The summed E-state index contributed by atoms with van der Waals surface area (Å²) in [5.41, 5.74) is 1.65. The smallest absolute Gasteiger partial charge is 0.255 e. The van der Waals surface area contributed by atoms with Crippen LogP contribution in [0.15, 0.2) is 48.5 Å². The van der Waals surface area contributed by atoms with Crippen molar-refractivity contribution in [1.82, 2.24) is 10.2 Å². The van der Waals surface area contributed by atoms with Gasteiger partial charge in [-0.1, -0.05) is 44.2 Å². The molecule has 2 aromatic carbocycles. The molecule has 1 unspecified atom stereocenters. The van der Waals surface area contributed by atoms with Crippen LogP contribution in [-0.4, -0.2) is 35.9 Å². The quantitative estimate of drug-likeness (QED) is 0.835. The number of ether oxygens (including phenoxy) is 1. The van der Waals surface area contributed by atoms with Crippen molar-refractivity contribution in [2.45, 2.75) is 39.3 Å². The fraction of sp³-hybridized carbons (Fsp3) is 0.391. The van der Waals surface area contributed by atoms with Gasteiger partial charge in [-0.15, -0.1) is 0 Å². The number of carbonyl (C=O) groups is 2. The highest BCUT2D eigenvalue weighted by Gasteiger charge is 2.46. The van der Waals surface area contributed by atoms with Crippen LogP contribution >= 0.6 is 0 Å². The van der Waals surface area contributed by atoms with E-state index in [-0.39, 0.29) is 17.7 Å². The minimum atomic E-state index is -0.922. The molecule has 0 fully saturated rings. The number of methoxy groups -OCH3 is 1. The molecule has 28 heavy (non-hydrogen) atoms. The first kappa shape index (κ1) is 19.9. The van der Waals surface area contributed by atoms with Gasteiger partial charge in [0.2, 0.25) is 5.91 Å². The number of nitrogens with one attached hydrogen (secondary N) is 1. The summed E-state index contributed by atoms with van der Waals surface area (Å²) in [6.45, 7) is 6.90. The van der Waals surface area contributed by atoms with Crippen LogP contribution in [0, 0.1) is 5.92 Å². The summed E-state index contributed by atoms with van der Waals surface area (Å²) in [6, 6.07) is 15.2. The molecule has 1 aliphatic rings. The number of amides is 2. The second-order valence-corrected chi connectivity index (χ2v) is 7.95. The van der Waals surface area contributed by atoms with Gasteiger partial charge in [-0.3, -0.25) is 9.59 Å². The Balaban J connectivity index is 1.85. The first-order valence-corrected chi connectivity index (χ1v) is 9.66. The fourth-order valence-corrected chi connectivity index (χ4v) is 3.73. The maximum atomic E-state index is 13.3. The van der Waals surface area contributed by atoms with Crippen molar-refractivity contribution >= 4 is 11.8 Å². The van der Waals surface area contributed by atoms with E-state index in [0.717, 1.165) is 16.9 Å². The van der Waals surface area contributed by atoms with Gasteiger partial charge in [-0.2, -0.15) is 0 Å². The molecule has 1 aliphatic heterocycles. The molecule has 0 radical (unpaired) electrons. The SMILES string of the molecule is COc1cccc(CNC(=O)C2(C)Cc3ccccc3C(=O)N2CC(C)C)c1. The van der Waals surface area contributed by atoms with E-state index < -0.39 is 5.54 Å². The number of hydrogen-bond donors (Lipinski definition) is 1. The Bertz CT molecular complexity index is 878. The second kappa shape index (κ2) is 8.05. The third-order valence-electron chi connectivity index (χ3n) is 5.25. The molecule has 5 heteroatoms. The first-order chi connectivity index (χ1) is 13.3. The fourth-order valence-electron chi connectivity index (χ4n) is 3.73. The molecule has 2 aromatic rings. The van der Waals surface area contributed by atoms with Gasteiger partial charge < -0.3 is 15.0 Å². The molecule has 2 amide bonds. The van der Waals surface area contributed by atoms with E-state index in [0.29, 0.717) is 25.1 Å². The number of hydrogen-bond acceptors (Lipinski definition) is 3. The molecule has 3 rings (SSSR count). The minimum Gasteiger partial charge on any atom is -0.497 e. The Kier molecular flexibility index (Phi) is 5.73. The lowest BCUT2D eigenvalue weighted by atomic mass is 9.82. The highest BCUT2D eigenvalue weighted by Crippen LogP contribution is 2.32. The van der Waals surface area contributed by atoms with Gasteiger partial charge in [0.15, 0.2) is 0 Å². The van der Waals surface area contributed by atoms with E-state index in [9.17, 15) is 9.59 Å². The van der Waals surface area contributed by atoms with Crippen LogP contribution < -0.4 is 10.1 Å². The monoisotopic (exact) mass is 380 g/mol. The highest BCUT2D eigenvalue weighted by molar-refractivity contribution is 6.02. The van der Waals surface area contributed by atoms with Gasteiger partial charge >= 0.3 is 0 Å². The van der Waals surface area contributed by atoms with Crippen LogP contribution in [0.25, 0.3) is 0 Å². The summed E-state index contributed by atoms with van der Waals surface area (Å²) in [5, 5.41) is 3.03. The van der Waals surface area contributed by atoms with Crippen molar-refractivity contribution in [3.05, 3.63) is 65.2 Å².